The molecule has 2 aromatic rings. The minimum atomic E-state index is -3.73. The van der Waals surface area contributed by atoms with Crippen molar-refractivity contribution in [3.05, 3.63) is 60.2 Å². The highest BCUT2D eigenvalue weighted by Crippen LogP contribution is 2.62. The molecule has 0 radical (unpaired) electrons. The van der Waals surface area contributed by atoms with Crippen molar-refractivity contribution in [2.24, 2.45) is 0 Å². The monoisotopic (exact) mass is 336 g/mol. The van der Waals surface area contributed by atoms with Crippen LogP contribution in [0.4, 0.5) is 0 Å². The maximum absolute atomic E-state index is 12.7. The lowest BCUT2D eigenvalue weighted by Crippen LogP contribution is -2.14. The molecule has 0 aliphatic carbocycles. The lowest BCUT2D eigenvalue weighted by Gasteiger charge is -2.34. The molecule has 1 fully saturated rings. The van der Waals surface area contributed by atoms with Gasteiger partial charge in [0.2, 0.25) is 0 Å². The average Bonchev–Trinajstić information content (AvgIpc) is 2.98. The van der Waals surface area contributed by atoms with Crippen LogP contribution >= 0.6 is 10.3 Å². The van der Waals surface area contributed by atoms with Crippen LogP contribution < -0.4 is 0 Å². The molecular weight excluding hydrogens is 316 g/mol. The lowest BCUT2D eigenvalue weighted by atomic mass is 10.2. The van der Waals surface area contributed by atoms with Gasteiger partial charge in [-0.1, -0.05) is 46.2 Å². The first kappa shape index (κ1) is 15.6. The van der Waals surface area contributed by atoms with Gasteiger partial charge in [-0.05, 0) is 44.0 Å². The zero-order valence-electron chi connectivity index (χ0n) is 12.6. The Morgan fingerprint density at radius 3 is 2.09 bits per heavy atom. The summed E-state index contributed by atoms with van der Waals surface area (Å²) in [7, 11) is -5.47. The van der Waals surface area contributed by atoms with Crippen LogP contribution in [0.15, 0.2) is 64.4 Å². The standard InChI is InChI=1S/C17H20O3S2/c1-15-9-11-17(12-10-15)22(18,19)20-21(13-5-6-14-21)16-7-3-2-4-8-16/h2-4,7-12H,5-6,13-14H2,1H3. The maximum atomic E-state index is 12.7. The van der Waals surface area contributed by atoms with Crippen LogP contribution in [0.3, 0.4) is 0 Å². The zero-order chi connectivity index (χ0) is 15.6. The second-order valence-electron chi connectivity index (χ2n) is 5.58. The van der Waals surface area contributed by atoms with Gasteiger partial charge in [-0.15, -0.1) is 0 Å². The van der Waals surface area contributed by atoms with Crippen LogP contribution in [0.25, 0.3) is 0 Å². The summed E-state index contributed by atoms with van der Waals surface area (Å²) in [5.74, 6) is 1.64. The molecule has 0 amide bonds. The van der Waals surface area contributed by atoms with E-state index in [2.05, 4.69) is 0 Å². The molecule has 1 saturated heterocycles. The first-order valence-electron chi connectivity index (χ1n) is 7.38. The van der Waals surface area contributed by atoms with Crippen LogP contribution in [-0.2, 0) is 13.7 Å². The molecule has 0 N–H and O–H groups in total. The van der Waals surface area contributed by atoms with Crippen molar-refractivity contribution in [3.63, 3.8) is 0 Å². The van der Waals surface area contributed by atoms with Gasteiger partial charge in [0.1, 0.15) is 0 Å². The van der Waals surface area contributed by atoms with Crippen LogP contribution in [0, 0.1) is 6.92 Å². The van der Waals surface area contributed by atoms with Gasteiger partial charge < -0.3 is 0 Å². The molecule has 118 valence electrons. The number of hydrogen-bond acceptors (Lipinski definition) is 3. The predicted molar refractivity (Wildman–Crippen MR) is 90.7 cm³/mol. The molecule has 0 atom stereocenters. The Kier molecular flexibility index (Phi) is 4.30. The Bertz CT molecular complexity index is 731. The molecule has 3 rings (SSSR count). The first-order valence-corrected chi connectivity index (χ1v) is 10.7. The summed E-state index contributed by atoms with van der Waals surface area (Å²) in [4.78, 5) is 1.27. The van der Waals surface area contributed by atoms with E-state index in [0.717, 1.165) is 34.8 Å². The smallest absolute Gasteiger partial charge is 0.212 e. The van der Waals surface area contributed by atoms with Crippen molar-refractivity contribution in [3.8, 4) is 0 Å². The second-order valence-corrected chi connectivity index (χ2v) is 10.4. The Hall–Kier alpha value is -1.30. The number of benzene rings is 2. The van der Waals surface area contributed by atoms with Gasteiger partial charge in [-0.3, -0.25) is 0 Å². The SMILES string of the molecule is Cc1ccc(S(=O)(=O)OS2(c3ccccc3)CCCC2)cc1. The molecule has 1 aliphatic rings. The van der Waals surface area contributed by atoms with Crippen molar-refractivity contribution < 1.29 is 12.0 Å². The van der Waals surface area contributed by atoms with Crippen LogP contribution in [0.1, 0.15) is 18.4 Å². The molecule has 5 heteroatoms. The quantitative estimate of drug-likeness (QED) is 0.837. The largest absolute Gasteiger partial charge is 0.306 e. The number of aryl methyl sites for hydroxylation is 1. The third-order valence-corrected chi connectivity index (χ3v) is 9.54. The molecule has 3 nitrogen and oxygen atoms in total. The minimum Gasteiger partial charge on any atom is -0.212 e. The molecule has 0 unspecified atom stereocenters. The van der Waals surface area contributed by atoms with Crippen molar-refractivity contribution in [1.29, 1.82) is 0 Å². The summed E-state index contributed by atoms with van der Waals surface area (Å²) in [5.41, 5.74) is 1.03. The summed E-state index contributed by atoms with van der Waals surface area (Å²) < 4.78 is 31.2. The molecular formula is C17H20O3S2. The molecule has 1 aliphatic heterocycles. The zero-order valence-corrected chi connectivity index (χ0v) is 14.2. The van der Waals surface area contributed by atoms with Gasteiger partial charge in [0.05, 0.1) is 4.90 Å². The summed E-state index contributed by atoms with van der Waals surface area (Å²) in [6, 6.07) is 16.7. The number of hydrogen-bond donors (Lipinski definition) is 0. The van der Waals surface area contributed by atoms with E-state index in [1.165, 1.54) is 0 Å². The summed E-state index contributed by atoms with van der Waals surface area (Å²) in [6.45, 7) is 1.94. The van der Waals surface area contributed by atoms with Crippen LogP contribution in [0.5, 0.6) is 0 Å². The highest BCUT2D eigenvalue weighted by molar-refractivity contribution is 8.33. The third kappa shape index (κ3) is 3.07. The Labute approximate surface area is 134 Å². The minimum absolute atomic E-state index is 0.243. The summed E-state index contributed by atoms with van der Waals surface area (Å²) >= 11 is 0. The van der Waals surface area contributed by atoms with E-state index in [4.69, 9.17) is 3.63 Å². The number of rotatable bonds is 4. The highest BCUT2D eigenvalue weighted by Gasteiger charge is 2.36. The van der Waals surface area contributed by atoms with Gasteiger partial charge in [-0.25, -0.2) is 3.63 Å². The van der Waals surface area contributed by atoms with E-state index in [1.807, 2.05) is 37.3 Å². The van der Waals surface area contributed by atoms with Crippen LogP contribution in [0.2, 0.25) is 0 Å². The average molecular weight is 336 g/mol. The first-order chi connectivity index (χ1) is 10.5. The molecule has 22 heavy (non-hydrogen) atoms. The predicted octanol–water partition coefficient (Wildman–Crippen LogP) is 4.27. The van der Waals surface area contributed by atoms with E-state index in [0.29, 0.717) is 0 Å². The second kappa shape index (κ2) is 6.07. The van der Waals surface area contributed by atoms with E-state index in [-0.39, 0.29) is 4.90 Å². The Morgan fingerprint density at radius 2 is 1.50 bits per heavy atom. The fourth-order valence-corrected chi connectivity index (χ4v) is 8.38. The molecule has 0 bridgehead atoms. The maximum Gasteiger partial charge on any atom is 0.306 e. The van der Waals surface area contributed by atoms with Gasteiger partial charge in [-0.2, -0.15) is 8.42 Å². The Morgan fingerprint density at radius 1 is 0.909 bits per heavy atom. The summed E-state index contributed by atoms with van der Waals surface area (Å²) in [6.07, 6.45) is 2.04. The van der Waals surface area contributed by atoms with E-state index in [1.54, 1.807) is 24.3 Å². The van der Waals surface area contributed by atoms with Crippen LogP contribution in [-0.4, -0.2) is 19.9 Å². The van der Waals surface area contributed by atoms with Crippen molar-refractivity contribution in [2.45, 2.75) is 29.6 Å². The fraction of sp³-hybridized carbons (Fsp3) is 0.294. The topological polar surface area (TPSA) is 43.4 Å². The molecule has 0 aromatic heterocycles. The fourth-order valence-electron chi connectivity index (χ4n) is 2.70. The highest BCUT2D eigenvalue weighted by atomic mass is 32.3. The van der Waals surface area contributed by atoms with Gasteiger partial charge in [0, 0.05) is 16.4 Å². The van der Waals surface area contributed by atoms with Gasteiger partial charge in [0.15, 0.2) is 0 Å². The van der Waals surface area contributed by atoms with Crippen molar-refractivity contribution in [2.75, 3.05) is 11.5 Å². The molecule has 1 heterocycles. The van der Waals surface area contributed by atoms with Gasteiger partial charge >= 0.3 is 10.1 Å². The Balaban J connectivity index is 1.96. The van der Waals surface area contributed by atoms with E-state index >= 15 is 0 Å². The lowest BCUT2D eigenvalue weighted by molar-refractivity contribution is 0.510. The summed E-state index contributed by atoms with van der Waals surface area (Å²) in [5, 5.41) is 0. The normalized spacial score (nSPS) is 19.0. The van der Waals surface area contributed by atoms with Crippen molar-refractivity contribution >= 4 is 20.4 Å². The van der Waals surface area contributed by atoms with Crippen molar-refractivity contribution in [1.82, 2.24) is 0 Å². The third-order valence-electron chi connectivity index (χ3n) is 3.90. The van der Waals surface area contributed by atoms with Gasteiger partial charge in [0.25, 0.3) is 0 Å². The van der Waals surface area contributed by atoms with E-state index < -0.39 is 20.4 Å². The molecule has 0 saturated carbocycles. The molecule has 2 aromatic carbocycles. The van der Waals surface area contributed by atoms with E-state index in [9.17, 15) is 8.42 Å². The molecule has 0 spiro atoms.